The second-order valence-corrected chi connectivity index (χ2v) is 7.63. The predicted octanol–water partition coefficient (Wildman–Crippen LogP) is 2.92. The summed E-state index contributed by atoms with van der Waals surface area (Å²) in [6.07, 6.45) is 3.80. The molecule has 19 heavy (non-hydrogen) atoms. The van der Waals surface area contributed by atoms with Gasteiger partial charge in [-0.3, -0.25) is 0 Å². The van der Waals surface area contributed by atoms with Crippen LogP contribution in [0, 0.1) is 12.8 Å². The van der Waals surface area contributed by atoms with Crippen LogP contribution in [0.3, 0.4) is 0 Å². The first kappa shape index (κ1) is 14.9. The monoisotopic (exact) mass is 281 g/mol. The Labute approximate surface area is 121 Å². The van der Waals surface area contributed by atoms with Crippen LogP contribution in [-0.2, 0) is 12.0 Å². The molecule has 2 heterocycles. The first-order chi connectivity index (χ1) is 8.86. The molecule has 108 valence electrons. The largest absolute Gasteiger partial charge is 0.321 e. The zero-order valence-corrected chi connectivity index (χ0v) is 13.5. The highest BCUT2D eigenvalue weighted by Crippen LogP contribution is 2.28. The fourth-order valence-electron chi connectivity index (χ4n) is 2.90. The smallest absolute Gasteiger partial charge is 0.0944 e. The Morgan fingerprint density at radius 2 is 2.21 bits per heavy atom. The number of piperidine rings is 1. The summed E-state index contributed by atoms with van der Waals surface area (Å²) in [6.45, 7) is 12.2. The minimum absolute atomic E-state index is 0.264. The summed E-state index contributed by atoms with van der Waals surface area (Å²) in [5.41, 5.74) is 7.03. The number of hydrogen-bond donors (Lipinski definition) is 1. The van der Waals surface area contributed by atoms with Crippen molar-refractivity contribution in [3.05, 3.63) is 15.6 Å². The van der Waals surface area contributed by atoms with E-state index in [1.807, 2.05) is 0 Å². The third-order valence-electron chi connectivity index (χ3n) is 3.81. The number of aromatic nitrogens is 1. The molecule has 1 aromatic rings. The van der Waals surface area contributed by atoms with Crippen molar-refractivity contribution >= 4 is 11.3 Å². The lowest BCUT2D eigenvalue weighted by Gasteiger charge is -2.30. The number of thiazole rings is 1. The summed E-state index contributed by atoms with van der Waals surface area (Å²) in [7, 11) is 0. The van der Waals surface area contributed by atoms with Crippen molar-refractivity contribution in [1.29, 1.82) is 0 Å². The van der Waals surface area contributed by atoms with Crippen LogP contribution in [0.1, 0.15) is 49.2 Å². The molecule has 3 nitrogen and oxygen atoms in total. The quantitative estimate of drug-likeness (QED) is 0.922. The van der Waals surface area contributed by atoms with Gasteiger partial charge in [-0.25, -0.2) is 4.98 Å². The molecule has 0 radical (unpaired) electrons. The number of hydrogen-bond acceptors (Lipinski definition) is 4. The van der Waals surface area contributed by atoms with Crippen LogP contribution in [0.2, 0.25) is 0 Å². The third-order valence-corrected chi connectivity index (χ3v) is 5.37. The van der Waals surface area contributed by atoms with Gasteiger partial charge in [0.1, 0.15) is 0 Å². The molecule has 1 unspecified atom stereocenters. The Morgan fingerprint density at radius 1 is 1.47 bits per heavy atom. The molecule has 1 saturated heterocycles. The highest BCUT2D eigenvalue weighted by atomic mass is 32.1. The Bertz CT molecular complexity index is 420. The van der Waals surface area contributed by atoms with Crippen LogP contribution in [0.5, 0.6) is 0 Å². The fourth-order valence-corrected chi connectivity index (χ4v) is 3.97. The number of aryl methyl sites for hydroxylation is 1. The summed E-state index contributed by atoms with van der Waals surface area (Å²) >= 11 is 1.79. The van der Waals surface area contributed by atoms with Crippen molar-refractivity contribution in [3.8, 4) is 0 Å². The van der Waals surface area contributed by atoms with Crippen LogP contribution < -0.4 is 5.73 Å². The van der Waals surface area contributed by atoms with Crippen molar-refractivity contribution in [2.75, 3.05) is 19.6 Å². The molecule has 2 N–H and O–H groups in total. The van der Waals surface area contributed by atoms with E-state index in [0.29, 0.717) is 0 Å². The van der Waals surface area contributed by atoms with Gasteiger partial charge < -0.3 is 10.6 Å². The molecule has 0 aromatic carbocycles. The van der Waals surface area contributed by atoms with Crippen LogP contribution >= 0.6 is 11.3 Å². The van der Waals surface area contributed by atoms with E-state index in [1.54, 1.807) is 11.3 Å². The number of likely N-dealkylation sites (tertiary alicyclic amines) is 1. The van der Waals surface area contributed by atoms with Crippen molar-refractivity contribution in [1.82, 2.24) is 9.88 Å². The van der Waals surface area contributed by atoms with Gasteiger partial charge in [0.25, 0.3) is 0 Å². The maximum absolute atomic E-state index is 6.19. The van der Waals surface area contributed by atoms with Gasteiger partial charge in [0.15, 0.2) is 0 Å². The lowest BCUT2D eigenvalue weighted by Crippen LogP contribution is -2.35. The topological polar surface area (TPSA) is 42.2 Å². The highest BCUT2D eigenvalue weighted by Gasteiger charge is 2.22. The molecule has 1 aliphatic rings. The first-order valence-electron chi connectivity index (χ1n) is 7.34. The normalized spacial score (nSPS) is 21.8. The standard InChI is InChI=1S/C15H27N3S/c1-11-6-5-8-18(10-11)9-7-13-17-12(2)14(19-13)15(3,4)16/h11H,5-10,16H2,1-4H3. The zero-order valence-electron chi connectivity index (χ0n) is 12.7. The molecule has 0 bridgehead atoms. The fraction of sp³-hybridized carbons (Fsp3) is 0.800. The van der Waals surface area contributed by atoms with Gasteiger partial charge >= 0.3 is 0 Å². The maximum atomic E-state index is 6.19. The van der Waals surface area contributed by atoms with Crippen molar-refractivity contribution in [2.45, 2.75) is 52.5 Å². The van der Waals surface area contributed by atoms with Crippen molar-refractivity contribution in [2.24, 2.45) is 11.7 Å². The molecular formula is C15H27N3S. The van der Waals surface area contributed by atoms with Crippen LogP contribution in [0.4, 0.5) is 0 Å². The molecule has 0 aliphatic carbocycles. The summed E-state index contributed by atoms with van der Waals surface area (Å²) in [4.78, 5) is 8.50. The van der Waals surface area contributed by atoms with Gasteiger partial charge in [-0.05, 0) is 46.1 Å². The van der Waals surface area contributed by atoms with Gasteiger partial charge in [-0.15, -0.1) is 11.3 Å². The van der Waals surface area contributed by atoms with E-state index >= 15 is 0 Å². The predicted molar refractivity (Wildman–Crippen MR) is 82.6 cm³/mol. The summed E-state index contributed by atoms with van der Waals surface area (Å²) in [6, 6.07) is 0. The molecular weight excluding hydrogens is 254 g/mol. The SMILES string of the molecule is Cc1nc(CCN2CCCC(C)C2)sc1C(C)(C)N. The minimum Gasteiger partial charge on any atom is -0.321 e. The highest BCUT2D eigenvalue weighted by molar-refractivity contribution is 7.11. The summed E-state index contributed by atoms with van der Waals surface area (Å²) < 4.78 is 0. The van der Waals surface area contributed by atoms with Crippen LogP contribution in [0.15, 0.2) is 0 Å². The minimum atomic E-state index is -0.264. The first-order valence-corrected chi connectivity index (χ1v) is 8.16. The van der Waals surface area contributed by atoms with Gasteiger partial charge in [-0.1, -0.05) is 6.92 Å². The lowest BCUT2D eigenvalue weighted by molar-refractivity contribution is 0.186. The Hall–Kier alpha value is -0.450. The van der Waals surface area contributed by atoms with Gasteiger partial charge in [-0.2, -0.15) is 0 Å². The molecule has 1 aliphatic heterocycles. The van der Waals surface area contributed by atoms with E-state index in [9.17, 15) is 0 Å². The maximum Gasteiger partial charge on any atom is 0.0944 e. The van der Waals surface area contributed by atoms with E-state index in [0.717, 1.165) is 24.6 Å². The van der Waals surface area contributed by atoms with E-state index in [2.05, 4.69) is 32.6 Å². The average molecular weight is 281 g/mol. The van der Waals surface area contributed by atoms with Crippen LogP contribution in [0.25, 0.3) is 0 Å². The van der Waals surface area contributed by atoms with Gasteiger partial charge in [0, 0.05) is 29.9 Å². The lowest BCUT2D eigenvalue weighted by atomic mass is 10.0. The summed E-state index contributed by atoms with van der Waals surface area (Å²) in [5.74, 6) is 0.852. The molecule has 0 saturated carbocycles. The zero-order chi connectivity index (χ0) is 14.0. The van der Waals surface area contributed by atoms with Crippen molar-refractivity contribution < 1.29 is 0 Å². The van der Waals surface area contributed by atoms with Gasteiger partial charge in [0.2, 0.25) is 0 Å². The second-order valence-electron chi connectivity index (χ2n) is 6.54. The molecule has 1 atom stereocenters. The van der Waals surface area contributed by atoms with E-state index in [1.165, 1.54) is 35.8 Å². The van der Waals surface area contributed by atoms with E-state index in [-0.39, 0.29) is 5.54 Å². The molecule has 4 heteroatoms. The van der Waals surface area contributed by atoms with Crippen molar-refractivity contribution in [3.63, 3.8) is 0 Å². The Kier molecular flexibility index (Phi) is 4.64. The molecule has 0 amide bonds. The second kappa shape index (κ2) is 5.90. The molecule has 1 fully saturated rings. The van der Waals surface area contributed by atoms with E-state index < -0.39 is 0 Å². The van der Waals surface area contributed by atoms with Gasteiger partial charge in [0.05, 0.1) is 10.7 Å². The third kappa shape index (κ3) is 4.01. The molecule has 1 aromatic heterocycles. The van der Waals surface area contributed by atoms with E-state index in [4.69, 9.17) is 10.7 Å². The molecule has 2 rings (SSSR count). The molecule has 0 spiro atoms. The number of rotatable bonds is 4. The number of nitrogens with zero attached hydrogens (tertiary/aromatic N) is 2. The summed E-state index contributed by atoms with van der Waals surface area (Å²) in [5, 5.41) is 1.24. The average Bonchev–Trinajstić information content (AvgIpc) is 2.68. The Morgan fingerprint density at radius 3 is 2.79 bits per heavy atom. The van der Waals surface area contributed by atoms with Crippen LogP contribution in [-0.4, -0.2) is 29.5 Å². The number of nitrogens with two attached hydrogens (primary N) is 1. The Balaban J connectivity index is 1.93.